The third kappa shape index (κ3) is 20.7. The van der Waals surface area contributed by atoms with Gasteiger partial charge in [0.2, 0.25) is 6.41 Å². The maximum absolute atomic E-state index is 12.4. The summed E-state index contributed by atoms with van der Waals surface area (Å²) in [5.41, 5.74) is 9.48. The molecule has 0 saturated carbocycles. The van der Waals surface area contributed by atoms with Gasteiger partial charge in [-0.25, -0.2) is 0 Å². The van der Waals surface area contributed by atoms with E-state index in [4.69, 9.17) is 10.5 Å². The van der Waals surface area contributed by atoms with Crippen LogP contribution in [0.5, 0.6) is 0 Å². The van der Waals surface area contributed by atoms with Crippen molar-refractivity contribution >= 4 is 67.6 Å². The van der Waals surface area contributed by atoms with Crippen molar-refractivity contribution in [3.8, 4) is 0 Å². The summed E-state index contributed by atoms with van der Waals surface area (Å²) in [5, 5.41) is 5.09. The van der Waals surface area contributed by atoms with E-state index in [0.717, 1.165) is 67.4 Å². The molecule has 0 spiro atoms. The Balaban J connectivity index is -0.000000310. The molecular formula is C24H49CaN5O5. The number of Topliss-reactive ketones (excluding diaryl/α,β-unsaturated/α-hetero) is 1. The van der Waals surface area contributed by atoms with E-state index in [1.165, 1.54) is 0 Å². The van der Waals surface area contributed by atoms with Gasteiger partial charge in [0.15, 0.2) is 0 Å². The first-order valence-electron chi connectivity index (χ1n) is 11.9. The van der Waals surface area contributed by atoms with Crippen molar-refractivity contribution in [1.82, 2.24) is 15.5 Å². The number of amides is 3. The van der Waals surface area contributed by atoms with Crippen molar-refractivity contribution in [2.75, 3.05) is 26.7 Å². The van der Waals surface area contributed by atoms with Gasteiger partial charge in [0.1, 0.15) is 6.29 Å². The molecule has 202 valence electrons. The number of nitrogens with one attached hydrogen (secondary N) is 2. The van der Waals surface area contributed by atoms with Gasteiger partial charge in [-0.3, -0.25) is 4.79 Å². The van der Waals surface area contributed by atoms with Gasteiger partial charge in [0.05, 0.1) is 0 Å². The Labute approximate surface area is 235 Å². The Morgan fingerprint density at radius 1 is 1.17 bits per heavy atom. The van der Waals surface area contributed by atoms with Crippen LogP contribution in [0.3, 0.4) is 0 Å². The summed E-state index contributed by atoms with van der Waals surface area (Å²) in [4.78, 5) is 56.6. The van der Waals surface area contributed by atoms with Gasteiger partial charge in [-0.1, -0.05) is 28.2 Å². The summed E-state index contributed by atoms with van der Waals surface area (Å²) in [6, 6.07) is 0.142. The van der Waals surface area contributed by atoms with Crippen molar-refractivity contribution in [1.29, 1.82) is 0 Å². The van der Waals surface area contributed by atoms with Gasteiger partial charge < -0.3 is 16.3 Å². The average Bonchev–Trinajstić information content (AvgIpc) is 3.26. The van der Waals surface area contributed by atoms with E-state index in [2.05, 4.69) is 21.3 Å². The molecule has 4 unspecified atom stereocenters. The molecule has 0 bridgehead atoms. The summed E-state index contributed by atoms with van der Waals surface area (Å²) >= 11 is 0.999. The van der Waals surface area contributed by atoms with Crippen molar-refractivity contribution < 1.29 is 24.0 Å². The summed E-state index contributed by atoms with van der Waals surface area (Å²) < 4.78 is 1.93. The Hall–Kier alpha value is -1.20. The molecule has 0 aromatic carbocycles. The molecule has 1 heterocycles. The molecule has 0 radical (unpaired) electrons. The third-order valence-corrected chi connectivity index (χ3v) is 5.55. The SMILES string of the molecule is C.CC.CC(N)C(C)C=O.CCCC(C(=O)C(=O)NCC(=O)NC[CH]=[Ca])C1CCCN1C.NC=O. The Morgan fingerprint density at radius 2 is 1.71 bits per heavy atom. The fourth-order valence-electron chi connectivity index (χ4n) is 3.04. The molecule has 0 aliphatic carbocycles. The van der Waals surface area contributed by atoms with E-state index >= 15 is 0 Å². The number of likely N-dealkylation sites (tertiary alicyclic amines) is 1. The second-order valence-electron chi connectivity index (χ2n) is 7.72. The van der Waals surface area contributed by atoms with Crippen molar-refractivity contribution in [3.05, 3.63) is 0 Å². The number of rotatable bonds is 11. The number of nitrogens with two attached hydrogens (primary N) is 2. The van der Waals surface area contributed by atoms with Gasteiger partial charge in [-0.05, 0) is 6.92 Å². The molecular weight excluding hydrogens is 478 g/mol. The number of aldehydes is 1. The number of hydrogen-bond donors (Lipinski definition) is 4. The zero-order valence-corrected chi connectivity index (χ0v) is 24.0. The smallest absolute Gasteiger partial charge is 0.372 e. The van der Waals surface area contributed by atoms with E-state index in [-0.39, 0.29) is 56.0 Å². The molecule has 35 heavy (non-hydrogen) atoms. The Kier molecular flexibility index (Phi) is 32.0. The van der Waals surface area contributed by atoms with Crippen LogP contribution >= 0.6 is 0 Å². The molecule has 0 aromatic heterocycles. The van der Waals surface area contributed by atoms with Crippen LogP contribution in [0, 0.1) is 11.8 Å². The molecule has 1 saturated heterocycles. The Bertz CT molecular complexity index is 605. The van der Waals surface area contributed by atoms with Crippen LogP contribution in [0.25, 0.3) is 0 Å². The quantitative estimate of drug-likeness (QED) is 0.169. The van der Waals surface area contributed by atoms with Crippen molar-refractivity contribution in [2.24, 2.45) is 23.3 Å². The normalized spacial score (nSPS) is 16.4. The van der Waals surface area contributed by atoms with Gasteiger partial charge in [0.25, 0.3) is 0 Å². The molecule has 10 nitrogen and oxygen atoms in total. The molecule has 1 aliphatic heterocycles. The standard InChI is InChI=1S/C15H25N3O3.C5H11NO.C2H6.CH3NO.CH4.Ca/c1-4-7-11(12-8-6-9-18(12)3)14(20)15(21)17-10-13(19)16-5-2;1-4(3-7)5(2)6;1-2;2-1-3;;/h2,11-12H,4-10H2,1,3H3,(H,16,19)(H,17,21);3-5H,6H2,1-2H3;1-2H3;1H,(H2,2,3);1H4;. The van der Waals surface area contributed by atoms with E-state index in [0.29, 0.717) is 13.0 Å². The van der Waals surface area contributed by atoms with Gasteiger partial charge in [-0.15, -0.1) is 0 Å². The molecule has 1 rings (SSSR count). The maximum atomic E-state index is 12.4. The third-order valence-electron chi connectivity index (χ3n) is 5.10. The molecule has 4 atom stereocenters. The van der Waals surface area contributed by atoms with Crippen molar-refractivity contribution in [2.45, 2.75) is 79.8 Å². The van der Waals surface area contributed by atoms with E-state index < -0.39 is 5.91 Å². The van der Waals surface area contributed by atoms with E-state index in [1.807, 2.05) is 36.8 Å². The minimum Gasteiger partial charge on any atom is -0.372 e. The molecule has 11 heteroatoms. The van der Waals surface area contributed by atoms with Gasteiger partial charge in [0, 0.05) is 12.0 Å². The van der Waals surface area contributed by atoms with Crippen LogP contribution in [0.4, 0.5) is 0 Å². The molecule has 0 aromatic rings. The zero-order chi connectivity index (χ0) is 27.1. The van der Waals surface area contributed by atoms with Crippen molar-refractivity contribution in [3.63, 3.8) is 0 Å². The number of nitrogens with zero attached hydrogens (tertiary/aromatic N) is 1. The van der Waals surface area contributed by atoms with Crippen LogP contribution in [0.1, 0.15) is 67.7 Å². The summed E-state index contributed by atoms with van der Waals surface area (Å²) in [7, 11) is 2.00. The van der Waals surface area contributed by atoms with E-state index in [1.54, 1.807) is 6.92 Å². The second-order valence-corrected chi connectivity index (χ2v) is 8.62. The topological polar surface area (TPSA) is 165 Å². The number of carbonyl (C=O) groups is 5. The molecule has 1 aliphatic rings. The second kappa shape index (κ2) is 27.4. The first-order valence-corrected chi connectivity index (χ1v) is 13.1. The van der Waals surface area contributed by atoms with Crippen LogP contribution in [0.15, 0.2) is 0 Å². The number of ketones is 1. The zero-order valence-electron chi connectivity index (χ0n) is 21.8. The van der Waals surface area contributed by atoms with Crippen LogP contribution in [-0.4, -0.2) is 111 Å². The monoisotopic (exact) mass is 527 g/mol. The Morgan fingerprint density at radius 3 is 2.06 bits per heavy atom. The predicted octanol–water partition coefficient (Wildman–Crippen LogP) is 0.202. The van der Waals surface area contributed by atoms with Crippen LogP contribution in [0.2, 0.25) is 0 Å². The first kappa shape index (κ1) is 40.9. The summed E-state index contributed by atoms with van der Waals surface area (Å²) in [5.74, 6) is -1.56. The fourth-order valence-corrected chi connectivity index (χ4v) is 3.27. The predicted molar refractivity (Wildman–Crippen MR) is 144 cm³/mol. The number of carbonyl (C=O) groups excluding carboxylic acids is 5. The van der Waals surface area contributed by atoms with Gasteiger partial charge >= 0.3 is 156 Å². The minimum absolute atomic E-state index is 0. The first-order chi connectivity index (χ1) is 16.1. The number of hydrogen-bond acceptors (Lipinski definition) is 7. The molecule has 3 amide bonds. The molecule has 6 N–H and O–H groups in total. The molecule has 1 fully saturated rings. The number of primary amides is 1. The minimum atomic E-state index is -0.636. The van der Waals surface area contributed by atoms with Crippen LogP contribution in [-0.2, 0) is 24.0 Å². The average molecular weight is 528 g/mol. The van der Waals surface area contributed by atoms with Crippen LogP contribution < -0.4 is 22.1 Å². The summed E-state index contributed by atoms with van der Waals surface area (Å²) in [6.45, 7) is 11.0. The summed E-state index contributed by atoms with van der Waals surface area (Å²) in [6.07, 6.45) is 4.71. The van der Waals surface area contributed by atoms with E-state index in [9.17, 15) is 19.2 Å². The van der Waals surface area contributed by atoms with Gasteiger partial charge in [-0.2, -0.15) is 0 Å². The fraction of sp³-hybridized carbons (Fsp3) is 0.750.